The Morgan fingerprint density at radius 1 is 0.750 bits per heavy atom. The standard InChI is InChI=1S/C26H25F3N4O3/c1-16(2)24(35)32-20-11-9-19(10-12-20)31-23(34)15-30-21-7-3-5-17(13-21)25(36)33-22-8-4-6-18(14-22)26(27,28)29/h3-14,16,30H,15H2,1-2H3,(H,31,34)(H,32,35)(H,33,36). The molecule has 0 aliphatic rings. The third kappa shape index (κ3) is 7.59. The van der Waals surface area contributed by atoms with E-state index < -0.39 is 17.6 Å². The lowest BCUT2D eigenvalue weighted by Crippen LogP contribution is -2.22. The summed E-state index contributed by atoms with van der Waals surface area (Å²) in [5.74, 6) is -1.19. The molecule has 188 valence electrons. The van der Waals surface area contributed by atoms with Crippen molar-refractivity contribution in [3.05, 3.63) is 83.9 Å². The highest BCUT2D eigenvalue weighted by Gasteiger charge is 2.30. The molecule has 7 nitrogen and oxygen atoms in total. The number of carbonyl (C=O) groups excluding carboxylic acids is 3. The Morgan fingerprint density at radius 3 is 2.00 bits per heavy atom. The normalized spacial score (nSPS) is 11.1. The molecule has 0 fully saturated rings. The Balaban J connectivity index is 1.54. The second kappa shape index (κ2) is 11.4. The first-order chi connectivity index (χ1) is 17.0. The zero-order chi connectivity index (χ0) is 26.3. The third-order valence-electron chi connectivity index (χ3n) is 4.99. The molecular weight excluding hydrogens is 473 g/mol. The number of amides is 3. The van der Waals surface area contributed by atoms with E-state index in [1.54, 1.807) is 50.2 Å². The van der Waals surface area contributed by atoms with E-state index in [2.05, 4.69) is 21.3 Å². The van der Waals surface area contributed by atoms with Gasteiger partial charge in [0.25, 0.3) is 5.91 Å². The molecule has 4 N–H and O–H groups in total. The van der Waals surface area contributed by atoms with Crippen LogP contribution in [0, 0.1) is 5.92 Å². The maximum Gasteiger partial charge on any atom is 0.416 e. The van der Waals surface area contributed by atoms with Gasteiger partial charge in [-0.2, -0.15) is 13.2 Å². The van der Waals surface area contributed by atoms with E-state index >= 15 is 0 Å². The molecule has 0 saturated heterocycles. The number of benzene rings is 3. The lowest BCUT2D eigenvalue weighted by molar-refractivity contribution is -0.137. The molecule has 3 rings (SSSR count). The lowest BCUT2D eigenvalue weighted by Gasteiger charge is -2.12. The van der Waals surface area contributed by atoms with Crippen LogP contribution in [0.2, 0.25) is 0 Å². The van der Waals surface area contributed by atoms with Crippen molar-refractivity contribution in [2.75, 3.05) is 27.8 Å². The van der Waals surface area contributed by atoms with E-state index in [0.29, 0.717) is 17.1 Å². The Kier molecular flexibility index (Phi) is 8.31. The first kappa shape index (κ1) is 26.3. The summed E-state index contributed by atoms with van der Waals surface area (Å²) in [6.45, 7) is 3.48. The van der Waals surface area contributed by atoms with E-state index in [4.69, 9.17) is 0 Å². The van der Waals surface area contributed by atoms with Gasteiger partial charge in [-0.15, -0.1) is 0 Å². The number of anilines is 4. The number of nitrogens with one attached hydrogen (secondary N) is 4. The molecule has 36 heavy (non-hydrogen) atoms. The van der Waals surface area contributed by atoms with Crippen LogP contribution in [-0.2, 0) is 15.8 Å². The van der Waals surface area contributed by atoms with Crippen molar-refractivity contribution < 1.29 is 27.6 Å². The average molecular weight is 499 g/mol. The third-order valence-corrected chi connectivity index (χ3v) is 4.99. The zero-order valence-electron chi connectivity index (χ0n) is 19.6. The van der Waals surface area contributed by atoms with Crippen LogP contribution in [0.15, 0.2) is 72.8 Å². The first-order valence-corrected chi connectivity index (χ1v) is 11.0. The summed E-state index contributed by atoms with van der Waals surface area (Å²) in [6, 6.07) is 17.3. The summed E-state index contributed by atoms with van der Waals surface area (Å²) in [5, 5.41) is 10.8. The molecule has 0 heterocycles. The Labute approximate surface area is 206 Å². The second-order valence-electron chi connectivity index (χ2n) is 8.24. The van der Waals surface area contributed by atoms with Crippen molar-refractivity contribution in [2.24, 2.45) is 5.92 Å². The van der Waals surface area contributed by atoms with Crippen molar-refractivity contribution in [3.63, 3.8) is 0 Å². The van der Waals surface area contributed by atoms with Gasteiger partial charge >= 0.3 is 6.18 Å². The molecule has 3 aromatic rings. The molecule has 3 amide bonds. The number of hydrogen-bond acceptors (Lipinski definition) is 4. The fraction of sp³-hybridized carbons (Fsp3) is 0.192. The molecule has 0 spiro atoms. The van der Waals surface area contributed by atoms with Crippen LogP contribution in [0.4, 0.5) is 35.9 Å². The Morgan fingerprint density at radius 2 is 1.36 bits per heavy atom. The summed E-state index contributed by atoms with van der Waals surface area (Å²) in [6.07, 6.45) is -4.52. The van der Waals surface area contributed by atoms with Crippen molar-refractivity contribution in [1.82, 2.24) is 0 Å². The van der Waals surface area contributed by atoms with E-state index in [1.165, 1.54) is 24.3 Å². The van der Waals surface area contributed by atoms with Crippen LogP contribution in [0.3, 0.4) is 0 Å². The minimum Gasteiger partial charge on any atom is -0.376 e. The van der Waals surface area contributed by atoms with Gasteiger partial charge in [-0.25, -0.2) is 0 Å². The lowest BCUT2D eigenvalue weighted by atomic mass is 10.1. The quantitative estimate of drug-likeness (QED) is 0.325. The average Bonchev–Trinajstić information content (AvgIpc) is 2.83. The van der Waals surface area contributed by atoms with E-state index in [1.807, 2.05) is 0 Å². The highest BCUT2D eigenvalue weighted by atomic mass is 19.4. The fourth-order valence-corrected chi connectivity index (χ4v) is 3.06. The monoisotopic (exact) mass is 498 g/mol. The Bertz CT molecular complexity index is 1240. The molecule has 0 aliphatic carbocycles. The number of hydrogen-bond donors (Lipinski definition) is 4. The number of alkyl halides is 3. The fourth-order valence-electron chi connectivity index (χ4n) is 3.06. The first-order valence-electron chi connectivity index (χ1n) is 11.0. The van der Waals surface area contributed by atoms with Gasteiger partial charge in [0.1, 0.15) is 0 Å². The summed E-state index contributed by atoms with van der Waals surface area (Å²) in [5.41, 5.74) is 0.994. The molecule has 3 aromatic carbocycles. The number of rotatable bonds is 8. The smallest absolute Gasteiger partial charge is 0.376 e. The summed E-state index contributed by atoms with van der Waals surface area (Å²) >= 11 is 0. The van der Waals surface area contributed by atoms with Crippen LogP contribution in [-0.4, -0.2) is 24.3 Å². The maximum absolute atomic E-state index is 12.9. The molecule has 10 heteroatoms. The zero-order valence-corrected chi connectivity index (χ0v) is 19.6. The maximum atomic E-state index is 12.9. The molecule has 0 saturated carbocycles. The van der Waals surface area contributed by atoms with E-state index in [-0.39, 0.29) is 35.5 Å². The molecule has 0 radical (unpaired) electrons. The SMILES string of the molecule is CC(C)C(=O)Nc1ccc(NC(=O)CNc2cccc(C(=O)Nc3cccc(C(F)(F)F)c3)c2)cc1. The van der Waals surface area contributed by atoms with Crippen LogP contribution in [0.1, 0.15) is 29.8 Å². The van der Waals surface area contributed by atoms with Gasteiger partial charge in [-0.3, -0.25) is 14.4 Å². The summed E-state index contributed by atoms with van der Waals surface area (Å²) in [7, 11) is 0. The van der Waals surface area contributed by atoms with Crippen molar-refractivity contribution in [3.8, 4) is 0 Å². The molecule has 0 bridgehead atoms. The Hall–Kier alpha value is -4.34. The van der Waals surface area contributed by atoms with Gasteiger partial charge in [-0.1, -0.05) is 26.0 Å². The van der Waals surface area contributed by atoms with Gasteiger partial charge in [0.2, 0.25) is 11.8 Å². The largest absolute Gasteiger partial charge is 0.416 e. The van der Waals surface area contributed by atoms with Crippen LogP contribution < -0.4 is 21.3 Å². The predicted molar refractivity (Wildman–Crippen MR) is 133 cm³/mol. The van der Waals surface area contributed by atoms with Gasteiger partial charge < -0.3 is 21.3 Å². The van der Waals surface area contributed by atoms with Gasteiger partial charge in [0.05, 0.1) is 12.1 Å². The van der Waals surface area contributed by atoms with Crippen molar-refractivity contribution >= 4 is 40.5 Å². The number of halogens is 3. The van der Waals surface area contributed by atoms with Gasteiger partial charge in [0, 0.05) is 34.2 Å². The molecule has 0 aromatic heterocycles. The minimum absolute atomic E-state index is 0.0161. The molecular formula is C26H25F3N4O3. The number of carbonyl (C=O) groups is 3. The summed E-state index contributed by atoms with van der Waals surface area (Å²) < 4.78 is 38.7. The van der Waals surface area contributed by atoms with Crippen LogP contribution >= 0.6 is 0 Å². The van der Waals surface area contributed by atoms with Crippen molar-refractivity contribution in [1.29, 1.82) is 0 Å². The topological polar surface area (TPSA) is 99.3 Å². The highest BCUT2D eigenvalue weighted by molar-refractivity contribution is 6.05. The molecule has 0 unspecified atom stereocenters. The van der Waals surface area contributed by atoms with E-state index in [9.17, 15) is 27.6 Å². The second-order valence-corrected chi connectivity index (χ2v) is 8.24. The van der Waals surface area contributed by atoms with Crippen LogP contribution in [0.25, 0.3) is 0 Å². The van der Waals surface area contributed by atoms with Crippen LogP contribution in [0.5, 0.6) is 0 Å². The van der Waals surface area contributed by atoms with Crippen molar-refractivity contribution in [2.45, 2.75) is 20.0 Å². The van der Waals surface area contributed by atoms with Gasteiger partial charge in [-0.05, 0) is 60.7 Å². The van der Waals surface area contributed by atoms with E-state index in [0.717, 1.165) is 12.1 Å². The molecule has 0 aliphatic heterocycles. The summed E-state index contributed by atoms with van der Waals surface area (Å²) in [4.78, 5) is 36.6. The van der Waals surface area contributed by atoms with Gasteiger partial charge in [0.15, 0.2) is 0 Å². The minimum atomic E-state index is -4.52. The molecule has 0 atom stereocenters. The highest BCUT2D eigenvalue weighted by Crippen LogP contribution is 2.30. The predicted octanol–water partition coefficient (Wildman–Crippen LogP) is 5.60.